The molecule has 2 N–H and O–H groups in total. The van der Waals surface area contributed by atoms with Gasteiger partial charge in [-0.2, -0.15) is 0 Å². The Morgan fingerprint density at radius 2 is 2.04 bits per heavy atom. The monoisotopic (exact) mass is 445 g/mol. The van der Waals surface area contributed by atoms with Crippen molar-refractivity contribution in [1.29, 1.82) is 0 Å². The number of nitrogens with zero attached hydrogens (tertiary/aromatic N) is 1. The third kappa shape index (κ3) is 5.64. The van der Waals surface area contributed by atoms with E-state index in [9.17, 15) is 9.59 Å². The maximum absolute atomic E-state index is 12.3. The minimum absolute atomic E-state index is 0.0944. The normalized spacial score (nSPS) is 17.2. The van der Waals surface area contributed by atoms with Crippen molar-refractivity contribution < 1.29 is 14.3 Å². The van der Waals surface area contributed by atoms with Crippen molar-refractivity contribution in [3.05, 3.63) is 63.6 Å². The molecule has 0 bridgehead atoms. The molecule has 1 heterocycles. The molecular weight excluding hydrogens is 422 g/mol. The predicted octanol–water partition coefficient (Wildman–Crippen LogP) is 3.79. The number of amides is 3. The number of imide groups is 1. The van der Waals surface area contributed by atoms with Gasteiger partial charge in [-0.15, -0.1) is 0 Å². The molecule has 1 atom stereocenters. The highest BCUT2D eigenvalue weighted by molar-refractivity contribution is 9.10. The van der Waals surface area contributed by atoms with Gasteiger partial charge in [-0.25, -0.2) is 4.79 Å². The SMILES string of the molecule is Cc1ccc(NC(=O)NC(=O)CN2CCOC(c3cccc(Br)c3)C2)c(C)c1. The Morgan fingerprint density at radius 1 is 1.21 bits per heavy atom. The molecule has 28 heavy (non-hydrogen) atoms. The van der Waals surface area contributed by atoms with Gasteiger partial charge in [-0.3, -0.25) is 15.0 Å². The number of halogens is 1. The van der Waals surface area contributed by atoms with Gasteiger partial charge < -0.3 is 10.1 Å². The van der Waals surface area contributed by atoms with E-state index in [1.54, 1.807) is 0 Å². The van der Waals surface area contributed by atoms with E-state index in [0.717, 1.165) is 21.2 Å². The van der Waals surface area contributed by atoms with Crippen molar-refractivity contribution in [1.82, 2.24) is 10.2 Å². The fraction of sp³-hybridized carbons (Fsp3) is 0.333. The number of ether oxygens (including phenoxy) is 1. The van der Waals surface area contributed by atoms with Crippen LogP contribution in [0.2, 0.25) is 0 Å². The quantitative estimate of drug-likeness (QED) is 0.750. The molecule has 0 radical (unpaired) electrons. The van der Waals surface area contributed by atoms with Crippen LogP contribution in [0.15, 0.2) is 46.9 Å². The van der Waals surface area contributed by atoms with Gasteiger partial charge in [0.05, 0.1) is 19.3 Å². The number of carbonyl (C=O) groups is 2. The molecule has 1 aliphatic heterocycles. The van der Waals surface area contributed by atoms with Crippen LogP contribution in [0.3, 0.4) is 0 Å². The van der Waals surface area contributed by atoms with Crippen LogP contribution in [0.5, 0.6) is 0 Å². The fourth-order valence-corrected chi connectivity index (χ4v) is 3.65. The largest absolute Gasteiger partial charge is 0.371 e. The van der Waals surface area contributed by atoms with Crippen LogP contribution in [-0.2, 0) is 9.53 Å². The van der Waals surface area contributed by atoms with Gasteiger partial charge in [0.15, 0.2) is 0 Å². The second-order valence-electron chi connectivity index (χ2n) is 6.97. The van der Waals surface area contributed by atoms with Crippen LogP contribution in [-0.4, -0.2) is 43.1 Å². The molecular formula is C21H24BrN3O3. The minimum atomic E-state index is -0.520. The first-order chi connectivity index (χ1) is 13.4. The molecule has 6 nitrogen and oxygen atoms in total. The Kier molecular flexibility index (Phi) is 6.83. The maximum atomic E-state index is 12.3. The van der Waals surface area contributed by atoms with Gasteiger partial charge in [-0.1, -0.05) is 45.8 Å². The molecule has 0 aromatic heterocycles. The summed E-state index contributed by atoms with van der Waals surface area (Å²) in [6, 6.07) is 13.2. The van der Waals surface area contributed by atoms with Gasteiger partial charge >= 0.3 is 6.03 Å². The van der Waals surface area contributed by atoms with Gasteiger partial charge in [0.1, 0.15) is 0 Å². The standard InChI is InChI=1S/C21H24BrN3O3/c1-14-6-7-18(15(2)10-14)23-21(27)24-20(26)13-25-8-9-28-19(12-25)16-4-3-5-17(22)11-16/h3-7,10-11,19H,8-9,12-13H2,1-2H3,(H2,23,24,26,27). The first-order valence-electron chi connectivity index (χ1n) is 9.18. The van der Waals surface area contributed by atoms with Crippen molar-refractivity contribution in [2.75, 3.05) is 31.6 Å². The number of morpholine rings is 1. The summed E-state index contributed by atoms with van der Waals surface area (Å²) in [5, 5.41) is 5.13. The van der Waals surface area contributed by atoms with E-state index in [1.807, 2.05) is 61.2 Å². The van der Waals surface area contributed by atoms with Gasteiger partial charge in [0.25, 0.3) is 0 Å². The minimum Gasteiger partial charge on any atom is -0.371 e. The number of benzene rings is 2. The number of nitrogens with one attached hydrogen (secondary N) is 2. The molecule has 0 saturated carbocycles. The Balaban J connectivity index is 1.51. The molecule has 1 unspecified atom stereocenters. The molecule has 148 valence electrons. The van der Waals surface area contributed by atoms with E-state index in [0.29, 0.717) is 25.4 Å². The number of aryl methyl sites for hydroxylation is 2. The van der Waals surface area contributed by atoms with Crippen LogP contribution in [0, 0.1) is 13.8 Å². The Labute approximate surface area is 173 Å². The number of urea groups is 1. The van der Waals surface area contributed by atoms with Gasteiger partial charge in [-0.05, 0) is 43.2 Å². The number of hydrogen-bond donors (Lipinski definition) is 2. The molecule has 1 aliphatic rings. The lowest BCUT2D eigenvalue weighted by atomic mass is 10.1. The lowest BCUT2D eigenvalue weighted by Crippen LogP contribution is -2.46. The van der Waals surface area contributed by atoms with Gasteiger partial charge in [0.2, 0.25) is 5.91 Å². The highest BCUT2D eigenvalue weighted by Gasteiger charge is 2.24. The van der Waals surface area contributed by atoms with E-state index < -0.39 is 6.03 Å². The number of hydrogen-bond acceptors (Lipinski definition) is 4. The summed E-state index contributed by atoms with van der Waals surface area (Å²) < 4.78 is 6.83. The third-order valence-electron chi connectivity index (χ3n) is 4.62. The third-order valence-corrected chi connectivity index (χ3v) is 5.11. The average molecular weight is 446 g/mol. The summed E-state index contributed by atoms with van der Waals surface area (Å²) in [4.78, 5) is 26.4. The van der Waals surface area contributed by atoms with Crippen molar-refractivity contribution >= 4 is 33.6 Å². The number of carbonyl (C=O) groups excluding carboxylic acids is 2. The molecule has 1 fully saturated rings. The molecule has 2 aromatic carbocycles. The van der Waals surface area contributed by atoms with E-state index in [2.05, 4.69) is 26.6 Å². The lowest BCUT2D eigenvalue weighted by Gasteiger charge is -2.32. The molecule has 3 rings (SSSR count). The smallest absolute Gasteiger partial charge is 0.325 e. The van der Waals surface area contributed by atoms with Crippen LogP contribution in [0.25, 0.3) is 0 Å². The zero-order chi connectivity index (χ0) is 20.1. The zero-order valence-corrected chi connectivity index (χ0v) is 17.6. The van der Waals surface area contributed by atoms with Crippen molar-refractivity contribution in [3.63, 3.8) is 0 Å². The number of anilines is 1. The molecule has 3 amide bonds. The molecule has 0 aliphatic carbocycles. The van der Waals surface area contributed by atoms with Crippen molar-refractivity contribution in [2.24, 2.45) is 0 Å². The van der Waals surface area contributed by atoms with Crippen LogP contribution < -0.4 is 10.6 Å². The summed E-state index contributed by atoms with van der Waals surface area (Å²) in [5.74, 6) is -0.336. The Bertz CT molecular complexity index is 872. The fourth-order valence-electron chi connectivity index (χ4n) is 3.23. The Morgan fingerprint density at radius 3 is 2.79 bits per heavy atom. The molecule has 7 heteroatoms. The van der Waals surface area contributed by atoms with Crippen LogP contribution >= 0.6 is 15.9 Å². The van der Waals surface area contributed by atoms with Crippen LogP contribution in [0.4, 0.5) is 10.5 Å². The highest BCUT2D eigenvalue weighted by Crippen LogP contribution is 2.24. The van der Waals surface area contributed by atoms with Gasteiger partial charge in [0, 0.05) is 23.2 Å². The summed E-state index contributed by atoms with van der Waals surface area (Å²) in [7, 11) is 0. The van der Waals surface area contributed by atoms with E-state index >= 15 is 0 Å². The second kappa shape index (κ2) is 9.32. The molecule has 0 spiro atoms. The highest BCUT2D eigenvalue weighted by atomic mass is 79.9. The number of rotatable bonds is 4. The van der Waals surface area contributed by atoms with Crippen molar-refractivity contribution in [3.8, 4) is 0 Å². The first kappa shape index (κ1) is 20.5. The van der Waals surface area contributed by atoms with Crippen LogP contribution in [0.1, 0.15) is 22.8 Å². The second-order valence-corrected chi connectivity index (χ2v) is 7.89. The van der Waals surface area contributed by atoms with E-state index in [1.165, 1.54) is 0 Å². The van der Waals surface area contributed by atoms with E-state index in [4.69, 9.17) is 4.74 Å². The zero-order valence-electron chi connectivity index (χ0n) is 16.0. The topological polar surface area (TPSA) is 70.7 Å². The average Bonchev–Trinajstić information content (AvgIpc) is 2.64. The van der Waals surface area contributed by atoms with Crippen molar-refractivity contribution in [2.45, 2.75) is 20.0 Å². The Hall–Kier alpha value is -2.22. The molecule has 2 aromatic rings. The predicted molar refractivity (Wildman–Crippen MR) is 112 cm³/mol. The maximum Gasteiger partial charge on any atom is 0.325 e. The summed E-state index contributed by atoms with van der Waals surface area (Å²) in [5.41, 5.74) is 3.82. The molecule has 1 saturated heterocycles. The lowest BCUT2D eigenvalue weighted by molar-refractivity contribution is -0.123. The summed E-state index contributed by atoms with van der Waals surface area (Å²) >= 11 is 3.47. The summed E-state index contributed by atoms with van der Waals surface area (Å²) in [6.07, 6.45) is -0.0944. The van der Waals surface area contributed by atoms with E-state index in [-0.39, 0.29) is 18.6 Å². The summed E-state index contributed by atoms with van der Waals surface area (Å²) in [6.45, 7) is 5.84. The first-order valence-corrected chi connectivity index (χ1v) is 9.97.